The maximum Gasteiger partial charge on any atom is 0.241 e. The number of hydrogen-bond donors (Lipinski definition) is 1. The molecule has 0 radical (unpaired) electrons. The maximum absolute atomic E-state index is 13.2. The quantitative estimate of drug-likeness (QED) is 0.642. The second kappa shape index (κ2) is 7.14. The number of hydrogen-bond acceptors (Lipinski definition) is 3. The van der Waals surface area contributed by atoms with Gasteiger partial charge in [-0.25, -0.2) is 12.8 Å². The zero-order valence-corrected chi connectivity index (χ0v) is 15.5. The predicted octanol–water partition coefficient (Wildman–Crippen LogP) is 4.72. The number of thiophene rings is 1. The molecule has 7 heteroatoms. The lowest BCUT2D eigenvalue weighted by atomic mass is 10.1. The Hall–Kier alpha value is -1.54. The first-order valence-corrected chi connectivity index (χ1v) is 10.2. The van der Waals surface area contributed by atoms with E-state index in [4.69, 9.17) is 0 Å². The van der Waals surface area contributed by atoms with Gasteiger partial charge >= 0.3 is 0 Å². The predicted molar refractivity (Wildman–Crippen MR) is 97.0 cm³/mol. The Morgan fingerprint density at radius 1 is 1.00 bits per heavy atom. The van der Waals surface area contributed by atoms with E-state index in [2.05, 4.69) is 20.7 Å². The van der Waals surface area contributed by atoms with Crippen molar-refractivity contribution in [2.75, 3.05) is 0 Å². The summed E-state index contributed by atoms with van der Waals surface area (Å²) in [5, 5.41) is 1.87. The molecule has 0 saturated heterocycles. The van der Waals surface area contributed by atoms with Crippen molar-refractivity contribution in [1.82, 2.24) is 4.72 Å². The minimum Gasteiger partial charge on any atom is -0.207 e. The fourth-order valence-corrected chi connectivity index (χ4v) is 4.58. The van der Waals surface area contributed by atoms with E-state index in [0.29, 0.717) is 5.56 Å². The zero-order valence-electron chi connectivity index (χ0n) is 12.3. The molecule has 3 nitrogen and oxygen atoms in total. The summed E-state index contributed by atoms with van der Waals surface area (Å²) >= 11 is 4.73. The van der Waals surface area contributed by atoms with Crippen molar-refractivity contribution in [3.63, 3.8) is 0 Å². The van der Waals surface area contributed by atoms with Gasteiger partial charge in [0.2, 0.25) is 10.0 Å². The SMILES string of the molecule is O=S(=O)(N[C@@H](c1ccc(F)cc1)c1cccs1)c1ccc(Br)cc1. The third-order valence-electron chi connectivity index (χ3n) is 3.43. The van der Waals surface area contributed by atoms with E-state index in [1.165, 1.54) is 35.6 Å². The number of sulfonamides is 1. The van der Waals surface area contributed by atoms with Gasteiger partial charge in [-0.1, -0.05) is 34.1 Å². The maximum atomic E-state index is 13.2. The lowest BCUT2D eigenvalue weighted by molar-refractivity contribution is 0.573. The van der Waals surface area contributed by atoms with Gasteiger partial charge < -0.3 is 0 Å². The number of nitrogens with one attached hydrogen (secondary N) is 1. The molecule has 0 saturated carbocycles. The van der Waals surface area contributed by atoms with Crippen LogP contribution in [0, 0.1) is 5.82 Å². The standard InChI is InChI=1S/C17H13BrFNO2S2/c18-13-5-9-15(10-6-13)24(21,22)20-17(16-2-1-11-23-16)12-3-7-14(19)8-4-12/h1-11,17,20H/t17-/m0/s1. The molecule has 0 fully saturated rings. The molecule has 0 bridgehead atoms. The minimum atomic E-state index is -3.72. The van der Waals surface area contributed by atoms with Crippen molar-refractivity contribution in [3.05, 3.63) is 86.8 Å². The molecule has 0 spiro atoms. The number of rotatable bonds is 5. The molecule has 2 aromatic carbocycles. The highest BCUT2D eigenvalue weighted by Gasteiger charge is 2.23. The van der Waals surface area contributed by atoms with E-state index in [1.54, 1.807) is 24.3 Å². The molecular formula is C17H13BrFNO2S2. The van der Waals surface area contributed by atoms with Crippen molar-refractivity contribution in [2.45, 2.75) is 10.9 Å². The summed E-state index contributed by atoms with van der Waals surface area (Å²) in [4.78, 5) is 1.01. The van der Waals surface area contributed by atoms with Gasteiger partial charge in [0, 0.05) is 9.35 Å². The van der Waals surface area contributed by atoms with Gasteiger partial charge in [0.15, 0.2) is 0 Å². The number of halogens is 2. The van der Waals surface area contributed by atoms with Crippen molar-refractivity contribution < 1.29 is 12.8 Å². The summed E-state index contributed by atoms with van der Waals surface area (Å²) in [5.41, 5.74) is 0.680. The molecule has 3 aromatic rings. The van der Waals surface area contributed by atoms with E-state index in [9.17, 15) is 12.8 Å². The van der Waals surface area contributed by atoms with Gasteiger partial charge in [-0.2, -0.15) is 4.72 Å². The summed E-state index contributed by atoms with van der Waals surface area (Å²) in [7, 11) is -3.72. The Kier molecular flexibility index (Phi) is 5.15. The molecule has 1 atom stereocenters. The topological polar surface area (TPSA) is 46.2 Å². The molecule has 124 valence electrons. The molecule has 0 unspecified atom stereocenters. The third-order valence-corrected chi connectivity index (χ3v) is 6.33. The zero-order chi connectivity index (χ0) is 17.2. The second-order valence-electron chi connectivity index (χ2n) is 5.08. The monoisotopic (exact) mass is 425 g/mol. The third kappa shape index (κ3) is 3.92. The fourth-order valence-electron chi connectivity index (χ4n) is 2.24. The highest BCUT2D eigenvalue weighted by molar-refractivity contribution is 9.10. The summed E-state index contributed by atoms with van der Waals surface area (Å²) < 4.78 is 42.1. The molecule has 1 N–H and O–H groups in total. The van der Waals surface area contributed by atoms with E-state index in [0.717, 1.165) is 9.35 Å². The van der Waals surface area contributed by atoms with Crippen LogP contribution < -0.4 is 4.72 Å². The van der Waals surface area contributed by atoms with Gasteiger partial charge in [0.05, 0.1) is 10.9 Å². The molecular weight excluding hydrogens is 413 g/mol. The first-order valence-electron chi connectivity index (χ1n) is 7.02. The van der Waals surface area contributed by atoms with Crippen molar-refractivity contribution in [1.29, 1.82) is 0 Å². The van der Waals surface area contributed by atoms with Crippen molar-refractivity contribution in [2.24, 2.45) is 0 Å². The second-order valence-corrected chi connectivity index (χ2v) is 8.68. The highest BCUT2D eigenvalue weighted by atomic mass is 79.9. The molecule has 0 aliphatic heterocycles. The van der Waals surface area contributed by atoms with Gasteiger partial charge in [-0.3, -0.25) is 0 Å². The molecule has 1 aromatic heterocycles. The Bertz CT molecular complexity index is 908. The lowest BCUT2D eigenvalue weighted by Crippen LogP contribution is -2.29. The summed E-state index contributed by atoms with van der Waals surface area (Å²) in [6.45, 7) is 0. The van der Waals surface area contributed by atoms with E-state index < -0.39 is 16.1 Å². The first-order chi connectivity index (χ1) is 11.5. The van der Waals surface area contributed by atoms with Crippen LogP contribution in [-0.2, 0) is 10.0 Å². The van der Waals surface area contributed by atoms with Crippen LogP contribution in [0.2, 0.25) is 0 Å². The van der Waals surface area contributed by atoms with Gasteiger partial charge in [-0.15, -0.1) is 11.3 Å². The molecule has 0 aliphatic rings. The van der Waals surface area contributed by atoms with Crippen LogP contribution in [0.5, 0.6) is 0 Å². The summed E-state index contributed by atoms with van der Waals surface area (Å²) in [5.74, 6) is -0.362. The Morgan fingerprint density at radius 2 is 1.67 bits per heavy atom. The minimum absolute atomic E-state index is 0.175. The van der Waals surface area contributed by atoms with Crippen LogP contribution in [0.15, 0.2) is 75.4 Å². The lowest BCUT2D eigenvalue weighted by Gasteiger charge is -2.18. The Balaban J connectivity index is 1.97. The van der Waals surface area contributed by atoms with E-state index in [1.807, 2.05) is 17.5 Å². The van der Waals surface area contributed by atoms with Gasteiger partial charge in [0.25, 0.3) is 0 Å². The van der Waals surface area contributed by atoms with E-state index in [-0.39, 0.29) is 10.7 Å². The van der Waals surface area contributed by atoms with Gasteiger partial charge in [0.1, 0.15) is 5.82 Å². The number of benzene rings is 2. The normalized spacial score (nSPS) is 12.9. The fraction of sp³-hybridized carbons (Fsp3) is 0.0588. The largest absolute Gasteiger partial charge is 0.241 e. The molecule has 0 aliphatic carbocycles. The van der Waals surface area contributed by atoms with Crippen LogP contribution in [0.3, 0.4) is 0 Å². The highest BCUT2D eigenvalue weighted by Crippen LogP contribution is 2.28. The average molecular weight is 426 g/mol. The molecule has 3 rings (SSSR count). The van der Waals surface area contributed by atoms with Crippen LogP contribution >= 0.6 is 27.3 Å². The average Bonchev–Trinajstić information content (AvgIpc) is 3.08. The Labute approximate surface area is 152 Å². The van der Waals surface area contributed by atoms with Crippen LogP contribution in [0.4, 0.5) is 4.39 Å². The van der Waals surface area contributed by atoms with Crippen molar-refractivity contribution >= 4 is 37.3 Å². The summed E-state index contributed by atoms with van der Waals surface area (Å²) in [6.07, 6.45) is 0. The Morgan fingerprint density at radius 3 is 2.25 bits per heavy atom. The van der Waals surface area contributed by atoms with Crippen LogP contribution in [0.1, 0.15) is 16.5 Å². The van der Waals surface area contributed by atoms with E-state index >= 15 is 0 Å². The van der Waals surface area contributed by atoms with Gasteiger partial charge in [-0.05, 0) is 53.4 Å². The summed E-state index contributed by atoms with van der Waals surface area (Å²) in [6, 6.07) is 15.4. The smallest absolute Gasteiger partial charge is 0.207 e. The molecule has 0 amide bonds. The van der Waals surface area contributed by atoms with Crippen molar-refractivity contribution in [3.8, 4) is 0 Å². The molecule has 24 heavy (non-hydrogen) atoms. The first kappa shape index (κ1) is 17.3. The van der Waals surface area contributed by atoms with Crippen LogP contribution in [0.25, 0.3) is 0 Å². The molecule has 1 heterocycles. The van der Waals surface area contributed by atoms with Crippen LogP contribution in [-0.4, -0.2) is 8.42 Å².